The third-order valence-electron chi connectivity index (χ3n) is 3.67. The van der Waals surface area contributed by atoms with Gasteiger partial charge in [0.15, 0.2) is 0 Å². The van der Waals surface area contributed by atoms with Crippen molar-refractivity contribution in [1.29, 1.82) is 5.41 Å². The zero-order valence-corrected chi connectivity index (χ0v) is 10.8. The van der Waals surface area contributed by atoms with Gasteiger partial charge in [0, 0.05) is 24.8 Å². The summed E-state index contributed by atoms with van der Waals surface area (Å²) in [5.41, 5.74) is 6.63. The van der Waals surface area contributed by atoms with E-state index in [9.17, 15) is 5.11 Å². The average molecular weight is 247 g/mol. The van der Waals surface area contributed by atoms with Crippen molar-refractivity contribution >= 4 is 11.5 Å². The largest absolute Gasteiger partial charge is 0.388 e. The second-order valence-electron chi connectivity index (χ2n) is 5.22. The van der Waals surface area contributed by atoms with E-state index in [0.29, 0.717) is 6.54 Å². The first-order chi connectivity index (χ1) is 8.52. The molecule has 18 heavy (non-hydrogen) atoms. The fourth-order valence-corrected chi connectivity index (χ4v) is 2.75. The molecule has 0 saturated heterocycles. The zero-order chi connectivity index (χ0) is 13.2. The highest BCUT2D eigenvalue weighted by Gasteiger charge is 2.32. The lowest BCUT2D eigenvalue weighted by molar-refractivity contribution is 0.0559. The molecular formula is C14H21N3O. The first-order valence-electron chi connectivity index (χ1n) is 6.39. The molecule has 4 heteroatoms. The third kappa shape index (κ3) is 2.64. The quantitative estimate of drug-likeness (QED) is 0.560. The lowest BCUT2D eigenvalue weighted by atomic mass is 10.0. The summed E-state index contributed by atoms with van der Waals surface area (Å²) >= 11 is 0. The smallest absolute Gasteiger partial charge is 0.124 e. The fourth-order valence-electron chi connectivity index (χ4n) is 2.75. The number of nitrogens with zero attached hydrogens (tertiary/aromatic N) is 1. The number of likely N-dealkylation sites (N-methyl/N-ethyl adjacent to an activating group) is 1. The first kappa shape index (κ1) is 12.9. The number of nitrogen functional groups attached to an aromatic ring is 1. The molecule has 2 rings (SSSR count). The van der Waals surface area contributed by atoms with Gasteiger partial charge in [0.1, 0.15) is 5.84 Å². The predicted octanol–water partition coefficient (Wildman–Crippen LogP) is 1.71. The van der Waals surface area contributed by atoms with Crippen LogP contribution in [-0.2, 0) is 0 Å². The van der Waals surface area contributed by atoms with Gasteiger partial charge in [-0.25, -0.2) is 0 Å². The second-order valence-corrected chi connectivity index (χ2v) is 5.22. The van der Waals surface area contributed by atoms with Gasteiger partial charge < -0.3 is 15.7 Å². The lowest BCUT2D eigenvalue weighted by Crippen LogP contribution is -2.39. The molecule has 0 heterocycles. The van der Waals surface area contributed by atoms with Gasteiger partial charge in [-0.2, -0.15) is 0 Å². The van der Waals surface area contributed by atoms with Gasteiger partial charge in [0.05, 0.1) is 5.60 Å². The van der Waals surface area contributed by atoms with Gasteiger partial charge in [-0.3, -0.25) is 5.41 Å². The minimum Gasteiger partial charge on any atom is -0.388 e. The van der Waals surface area contributed by atoms with E-state index in [4.69, 9.17) is 11.1 Å². The molecule has 98 valence electrons. The summed E-state index contributed by atoms with van der Waals surface area (Å²) in [6.45, 7) is 0.595. The lowest BCUT2D eigenvalue weighted by Gasteiger charge is -2.31. The van der Waals surface area contributed by atoms with Crippen LogP contribution in [0.5, 0.6) is 0 Å². The Hall–Kier alpha value is -1.55. The van der Waals surface area contributed by atoms with E-state index in [2.05, 4.69) is 0 Å². The van der Waals surface area contributed by atoms with Crippen molar-refractivity contribution in [2.24, 2.45) is 5.73 Å². The molecule has 4 N–H and O–H groups in total. The van der Waals surface area contributed by atoms with Crippen molar-refractivity contribution in [3.05, 3.63) is 29.8 Å². The zero-order valence-electron chi connectivity index (χ0n) is 10.8. The van der Waals surface area contributed by atoms with E-state index in [1.807, 2.05) is 36.2 Å². The Morgan fingerprint density at radius 1 is 1.39 bits per heavy atom. The summed E-state index contributed by atoms with van der Waals surface area (Å²) in [5, 5.41) is 18.0. The molecule has 1 saturated carbocycles. The number of nitrogens with two attached hydrogens (primary N) is 1. The molecule has 0 aliphatic heterocycles. The molecule has 1 aliphatic rings. The standard InChI is InChI=1S/C14H21N3O/c1-17(10-14(18)8-4-5-9-14)12-7-3-2-6-11(12)13(15)16/h2-3,6-7,18H,4-5,8-10H2,1H3,(H3,15,16). The Kier molecular flexibility index (Phi) is 3.57. The Morgan fingerprint density at radius 2 is 2.00 bits per heavy atom. The molecule has 4 nitrogen and oxygen atoms in total. The van der Waals surface area contributed by atoms with E-state index in [1.54, 1.807) is 0 Å². The predicted molar refractivity (Wildman–Crippen MR) is 74.1 cm³/mol. The van der Waals surface area contributed by atoms with Crippen LogP contribution in [0.2, 0.25) is 0 Å². The van der Waals surface area contributed by atoms with Crippen molar-refractivity contribution in [2.75, 3.05) is 18.5 Å². The van der Waals surface area contributed by atoms with Crippen LogP contribution in [0.25, 0.3) is 0 Å². The normalized spacial score (nSPS) is 17.7. The number of para-hydroxylation sites is 1. The first-order valence-corrected chi connectivity index (χ1v) is 6.39. The highest BCUT2D eigenvalue weighted by Crippen LogP contribution is 2.31. The molecule has 1 aliphatic carbocycles. The molecule has 0 aromatic heterocycles. The van der Waals surface area contributed by atoms with Crippen molar-refractivity contribution in [2.45, 2.75) is 31.3 Å². The number of hydrogen-bond acceptors (Lipinski definition) is 3. The van der Waals surface area contributed by atoms with Gasteiger partial charge in [-0.1, -0.05) is 25.0 Å². The molecule has 0 radical (unpaired) electrons. The summed E-state index contributed by atoms with van der Waals surface area (Å²) in [6, 6.07) is 7.58. The van der Waals surface area contributed by atoms with Crippen LogP contribution in [0, 0.1) is 5.41 Å². The topological polar surface area (TPSA) is 73.3 Å². The van der Waals surface area contributed by atoms with Crippen LogP contribution in [0.1, 0.15) is 31.2 Å². The monoisotopic (exact) mass is 247 g/mol. The van der Waals surface area contributed by atoms with Crippen molar-refractivity contribution in [1.82, 2.24) is 0 Å². The average Bonchev–Trinajstić information content (AvgIpc) is 2.75. The molecule has 0 unspecified atom stereocenters. The fraction of sp³-hybridized carbons (Fsp3) is 0.500. The second kappa shape index (κ2) is 4.98. The maximum Gasteiger partial charge on any atom is 0.124 e. The van der Waals surface area contributed by atoms with Crippen LogP contribution < -0.4 is 10.6 Å². The van der Waals surface area contributed by atoms with Crippen LogP contribution in [0.4, 0.5) is 5.69 Å². The van der Waals surface area contributed by atoms with Gasteiger partial charge in [0.25, 0.3) is 0 Å². The summed E-state index contributed by atoms with van der Waals surface area (Å²) in [6.07, 6.45) is 3.91. The SMILES string of the molecule is CN(CC1(O)CCCC1)c1ccccc1C(=N)N. The number of nitrogens with one attached hydrogen (secondary N) is 1. The molecule has 0 amide bonds. The van der Waals surface area contributed by atoms with E-state index >= 15 is 0 Å². The van der Waals surface area contributed by atoms with Crippen LogP contribution >= 0.6 is 0 Å². The Balaban J connectivity index is 2.18. The summed E-state index contributed by atoms with van der Waals surface area (Å²) in [5.74, 6) is 0.0656. The molecule has 0 spiro atoms. The molecule has 1 aromatic carbocycles. The van der Waals surface area contributed by atoms with Crippen molar-refractivity contribution in [3.63, 3.8) is 0 Å². The maximum atomic E-state index is 10.4. The molecule has 0 bridgehead atoms. The van der Waals surface area contributed by atoms with Crippen molar-refractivity contribution < 1.29 is 5.11 Å². The maximum absolute atomic E-state index is 10.4. The Bertz CT molecular complexity index is 438. The van der Waals surface area contributed by atoms with E-state index in [-0.39, 0.29) is 5.84 Å². The number of amidine groups is 1. The van der Waals surface area contributed by atoms with Gasteiger partial charge in [0.2, 0.25) is 0 Å². The summed E-state index contributed by atoms with van der Waals surface area (Å²) < 4.78 is 0. The molecule has 1 aromatic rings. The summed E-state index contributed by atoms with van der Waals surface area (Å²) in [7, 11) is 1.94. The minimum absolute atomic E-state index is 0.0656. The number of rotatable bonds is 4. The highest BCUT2D eigenvalue weighted by molar-refractivity contribution is 6.00. The van der Waals surface area contributed by atoms with Crippen LogP contribution in [-0.4, -0.2) is 30.1 Å². The number of benzene rings is 1. The Labute approximate surface area is 108 Å². The van der Waals surface area contributed by atoms with Crippen molar-refractivity contribution in [3.8, 4) is 0 Å². The van der Waals surface area contributed by atoms with Crippen LogP contribution in [0.3, 0.4) is 0 Å². The minimum atomic E-state index is -0.585. The summed E-state index contributed by atoms with van der Waals surface area (Å²) in [4.78, 5) is 2.00. The number of aliphatic hydroxyl groups is 1. The van der Waals surface area contributed by atoms with E-state index in [1.165, 1.54) is 0 Å². The van der Waals surface area contributed by atoms with Gasteiger partial charge >= 0.3 is 0 Å². The number of anilines is 1. The number of hydrogen-bond donors (Lipinski definition) is 3. The Morgan fingerprint density at radius 3 is 2.61 bits per heavy atom. The van der Waals surface area contributed by atoms with Gasteiger partial charge in [-0.15, -0.1) is 0 Å². The van der Waals surface area contributed by atoms with Gasteiger partial charge in [-0.05, 0) is 25.0 Å². The van der Waals surface area contributed by atoms with E-state index in [0.717, 1.165) is 36.9 Å². The van der Waals surface area contributed by atoms with E-state index < -0.39 is 5.60 Å². The molecule has 1 fully saturated rings. The molecule has 0 atom stereocenters. The molecular weight excluding hydrogens is 226 g/mol. The third-order valence-corrected chi connectivity index (χ3v) is 3.67. The van der Waals surface area contributed by atoms with Crippen LogP contribution in [0.15, 0.2) is 24.3 Å². The highest BCUT2D eigenvalue weighted by atomic mass is 16.3.